The second kappa shape index (κ2) is 23.1. The van der Waals surface area contributed by atoms with E-state index in [4.69, 9.17) is 9.47 Å². The zero-order chi connectivity index (χ0) is 46.1. The molecule has 1 unspecified atom stereocenters. The summed E-state index contributed by atoms with van der Waals surface area (Å²) in [6.07, 6.45) is -8.05. The van der Waals surface area contributed by atoms with Crippen LogP contribution in [0.3, 0.4) is 0 Å². The van der Waals surface area contributed by atoms with Crippen LogP contribution in [0.25, 0.3) is 0 Å². The van der Waals surface area contributed by atoms with Gasteiger partial charge in [-0.25, -0.2) is 13.6 Å². The van der Waals surface area contributed by atoms with E-state index >= 15 is 0 Å². The quantitative estimate of drug-likeness (QED) is 0.0894. The van der Waals surface area contributed by atoms with Crippen molar-refractivity contribution in [3.8, 4) is 5.75 Å². The highest BCUT2D eigenvalue weighted by Gasteiger charge is 2.39. The first-order valence-electron chi connectivity index (χ1n) is 18.1. The lowest BCUT2D eigenvalue weighted by atomic mass is 10.0. The second-order valence-corrected chi connectivity index (χ2v) is 14.6. The number of methoxy groups -OCH3 is 1. The zero-order valence-electron chi connectivity index (χ0n) is 34.2. The summed E-state index contributed by atoms with van der Waals surface area (Å²) in [6.45, 7) is 9.81. The summed E-state index contributed by atoms with van der Waals surface area (Å²) in [5.74, 6) is -4.23. The summed E-state index contributed by atoms with van der Waals surface area (Å²) in [5, 5.41) is 10.6. The van der Waals surface area contributed by atoms with E-state index in [1.54, 1.807) is 83.1 Å². The Hall–Kier alpha value is -5.75. The second-order valence-electron chi connectivity index (χ2n) is 14.6. The Kier molecular flexibility index (Phi) is 20.2. The number of aldehydes is 1. The molecule has 3 aromatic rings. The van der Waals surface area contributed by atoms with Crippen LogP contribution in [0, 0.1) is 5.92 Å². The van der Waals surface area contributed by atoms with E-state index in [-0.39, 0.29) is 25.8 Å². The molecule has 19 heteroatoms. The molecule has 60 heavy (non-hydrogen) atoms. The van der Waals surface area contributed by atoms with Crippen molar-refractivity contribution in [3.05, 3.63) is 101 Å². The third kappa shape index (κ3) is 20.3. The molecule has 11 nitrogen and oxygen atoms in total. The fourth-order valence-electron chi connectivity index (χ4n) is 4.88. The molecule has 0 aromatic heterocycles. The first-order valence-corrected chi connectivity index (χ1v) is 18.1. The molecule has 0 aliphatic carbocycles. The van der Waals surface area contributed by atoms with E-state index < -0.39 is 71.0 Å². The SMILES string of the molecule is CC(F)(F)F.CC(F)(F)c1ccccc1C(F)(F)F.COc1ccc(C(NC(=O)[C@H](Cc2ccc(CNC(=O)OC(C)(C)C)cc2)NC=O)C(=O)N[C@H](C=O)C(C)C)cc1. The Bertz CT molecular complexity index is 1790. The highest BCUT2D eigenvalue weighted by Crippen LogP contribution is 2.38. The maximum absolute atomic E-state index is 13.3. The lowest BCUT2D eigenvalue weighted by Gasteiger charge is -2.25. The maximum atomic E-state index is 13.3. The smallest absolute Gasteiger partial charge is 0.416 e. The maximum Gasteiger partial charge on any atom is 0.416 e. The highest BCUT2D eigenvalue weighted by molar-refractivity contribution is 5.92. The van der Waals surface area contributed by atoms with Gasteiger partial charge in [-0.2, -0.15) is 26.3 Å². The number of carbonyl (C=O) groups is 5. The number of nitrogens with one attached hydrogen (secondary N) is 4. The van der Waals surface area contributed by atoms with E-state index in [1.807, 2.05) is 0 Å². The number of rotatable bonds is 15. The number of benzene rings is 3. The van der Waals surface area contributed by atoms with Crippen LogP contribution >= 0.6 is 0 Å². The van der Waals surface area contributed by atoms with Crippen LogP contribution in [0.1, 0.15) is 82.3 Å². The van der Waals surface area contributed by atoms with Gasteiger partial charge in [0, 0.05) is 32.4 Å². The molecular weight excluding hydrogens is 812 g/mol. The van der Waals surface area contributed by atoms with Gasteiger partial charge in [-0.3, -0.25) is 14.4 Å². The van der Waals surface area contributed by atoms with Gasteiger partial charge in [-0.05, 0) is 61.6 Å². The lowest BCUT2D eigenvalue weighted by Crippen LogP contribution is -2.51. The van der Waals surface area contributed by atoms with Crippen molar-refractivity contribution in [1.82, 2.24) is 21.3 Å². The molecule has 3 rings (SSSR count). The Balaban J connectivity index is 0.000000776. The molecule has 3 atom stereocenters. The molecule has 3 aromatic carbocycles. The van der Waals surface area contributed by atoms with Gasteiger partial charge < -0.3 is 35.5 Å². The lowest BCUT2D eigenvalue weighted by molar-refractivity contribution is -0.141. The van der Waals surface area contributed by atoms with Crippen molar-refractivity contribution >= 4 is 30.6 Å². The van der Waals surface area contributed by atoms with Crippen LogP contribution < -0.4 is 26.0 Å². The van der Waals surface area contributed by atoms with Gasteiger partial charge in [0.2, 0.25) is 18.2 Å². The van der Waals surface area contributed by atoms with E-state index in [2.05, 4.69) is 21.3 Å². The van der Waals surface area contributed by atoms with Crippen LogP contribution in [0.15, 0.2) is 72.8 Å². The molecule has 0 saturated heterocycles. The summed E-state index contributed by atoms with van der Waals surface area (Å²) in [6, 6.07) is 14.5. The minimum absolute atomic E-state index is 0.143. The average molecular weight is 863 g/mol. The summed E-state index contributed by atoms with van der Waals surface area (Å²) < 4.78 is 104. The minimum Gasteiger partial charge on any atom is -0.497 e. The minimum atomic E-state index is -4.74. The molecule has 0 radical (unpaired) electrons. The van der Waals surface area contributed by atoms with Crippen molar-refractivity contribution in [2.75, 3.05) is 7.11 Å². The van der Waals surface area contributed by atoms with Gasteiger partial charge in [-0.15, -0.1) is 0 Å². The number of ether oxygens (including phenoxy) is 2. The van der Waals surface area contributed by atoms with Crippen LogP contribution in [-0.2, 0) is 49.0 Å². The van der Waals surface area contributed by atoms with Gasteiger partial charge in [0.1, 0.15) is 29.7 Å². The zero-order valence-corrected chi connectivity index (χ0v) is 34.2. The molecule has 0 saturated carbocycles. The fraction of sp³-hybridized carbons (Fsp3) is 0.439. The van der Waals surface area contributed by atoms with Gasteiger partial charge in [-0.1, -0.05) is 68.4 Å². The van der Waals surface area contributed by atoms with Crippen LogP contribution in [0.5, 0.6) is 5.75 Å². The Labute approximate surface area is 343 Å². The van der Waals surface area contributed by atoms with Crippen molar-refractivity contribution in [2.24, 2.45) is 5.92 Å². The first-order chi connectivity index (χ1) is 27.6. The summed E-state index contributed by atoms with van der Waals surface area (Å²) >= 11 is 0. The molecule has 4 amide bonds. The van der Waals surface area contributed by atoms with E-state index in [0.717, 1.165) is 29.3 Å². The monoisotopic (exact) mass is 862 g/mol. The van der Waals surface area contributed by atoms with Crippen molar-refractivity contribution in [2.45, 2.75) is 103 Å². The predicted octanol–water partition coefficient (Wildman–Crippen LogP) is 7.96. The molecule has 0 aliphatic heterocycles. The number of alkyl halides is 8. The number of alkyl carbamates (subject to hydrolysis) is 1. The molecule has 0 heterocycles. The normalized spacial score (nSPS) is 13.1. The van der Waals surface area contributed by atoms with Gasteiger partial charge >= 0.3 is 18.4 Å². The number of carbonyl (C=O) groups excluding carboxylic acids is 5. The van der Waals surface area contributed by atoms with Crippen LogP contribution in [0.2, 0.25) is 0 Å². The molecule has 0 aliphatic rings. The first kappa shape index (κ1) is 52.3. The highest BCUT2D eigenvalue weighted by atomic mass is 19.4. The topological polar surface area (TPSA) is 152 Å². The largest absolute Gasteiger partial charge is 0.497 e. The van der Waals surface area contributed by atoms with Crippen LogP contribution in [0.4, 0.5) is 39.9 Å². The molecular formula is C41H50F8N4O7. The number of hydrogen-bond acceptors (Lipinski definition) is 7. The van der Waals surface area contributed by atoms with Crippen molar-refractivity contribution < 1.29 is 68.6 Å². The van der Waals surface area contributed by atoms with Crippen molar-refractivity contribution in [1.29, 1.82) is 0 Å². The number of halogens is 8. The van der Waals surface area contributed by atoms with E-state index in [9.17, 15) is 59.1 Å². The molecule has 0 fully saturated rings. The van der Waals surface area contributed by atoms with E-state index in [1.165, 1.54) is 7.11 Å². The average Bonchev–Trinajstić information content (AvgIpc) is 3.13. The fourth-order valence-corrected chi connectivity index (χ4v) is 4.88. The predicted molar refractivity (Wildman–Crippen MR) is 206 cm³/mol. The van der Waals surface area contributed by atoms with Crippen molar-refractivity contribution in [3.63, 3.8) is 0 Å². The molecule has 332 valence electrons. The third-order valence-corrected chi connectivity index (χ3v) is 7.76. The molecule has 4 N–H and O–H groups in total. The summed E-state index contributed by atoms with van der Waals surface area (Å²) in [4.78, 5) is 61.3. The third-order valence-electron chi connectivity index (χ3n) is 7.76. The van der Waals surface area contributed by atoms with E-state index in [0.29, 0.717) is 37.0 Å². The Morgan fingerprint density at radius 3 is 1.65 bits per heavy atom. The van der Waals surface area contributed by atoms with Gasteiger partial charge in [0.15, 0.2) is 0 Å². The number of hydrogen-bond donors (Lipinski definition) is 4. The summed E-state index contributed by atoms with van der Waals surface area (Å²) in [5.41, 5.74) is -0.856. The standard InChI is InChI=1S/C30H40N4O7.C9H7F5.C2H3F3/c1-19(2)25(17-35)33-28(38)26(22-11-13-23(40-6)14-12-22)34-27(37)24(32-18-36)15-20-7-9-21(10-8-20)16-31-29(39)41-30(3,4)5;1-8(10,11)6-4-2-3-5-7(6)9(12,13)14;1-2(3,4)5/h7-14,17-19,24-26H,15-16H2,1-6H3,(H,31,39)(H,32,36)(H,33,38)(H,34,37);2-5H,1H3;1H3/t24-,25+,26?;;/m0../s1. The molecule has 0 spiro atoms. The Morgan fingerprint density at radius 2 is 1.23 bits per heavy atom. The molecule has 0 bridgehead atoms. The Morgan fingerprint density at radius 1 is 0.717 bits per heavy atom. The number of amides is 4. The summed E-state index contributed by atoms with van der Waals surface area (Å²) in [7, 11) is 1.51. The van der Waals surface area contributed by atoms with Crippen LogP contribution in [-0.4, -0.2) is 61.6 Å². The van der Waals surface area contributed by atoms with Gasteiger partial charge in [0.25, 0.3) is 5.92 Å². The van der Waals surface area contributed by atoms with Gasteiger partial charge in [0.05, 0.1) is 18.7 Å².